The molecule has 2 rings (SSSR count). The number of rotatable bonds is 7. The molecule has 0 saturated heterocycles. The van der Waals surface area contributed by atoms with Gasteiger partial charge in [-0.05, 0) is 55.4 Å². The van der Waals surface area contributed by atoms with E-state index < -0.39 is 0 Å². The Morgan fingerprint density at radius 3 is 2.71 bits per heavy atom. The number of hydrogen-bond acceptors (Lipinski definition) is 3. The molecule has 0 atom stereocenters. The van der Waals surface area contributed by atoms with Gasteiger partial charge in [0.25, 0.3) is 0 Å². The lowest BCUT2D eigenvalue weighted by Gasteiger charge is -2.26. The normalized spacial score (nSPS) is 20.8. The minimum Gasteiger partial charge on any atom is -0.493 e. The number of amides is 1. The number of carbonyl (C=O) groups excluding carboxylic acids is 1. The van der Waals surface area contributed by atoms with E-state index >= 15 is 0 Å². The smallest absolute Gasteiger partial charge is 0.244 e. The average molecular weight is 443 g/mol. The molecule has 1 N–H and O–H groups in total. The van der Waals surface area contributed by atoms with Crippen LogP contribution >= 0.6 is 22.6 Å². The van der Waals surface area contributed by atoms with Gasteiger partial charge in [-0.15, -0.1) is 0 Å². The molecule has 24 heavy (non-hydrogen) atoms. The highest BCUT2D eigenvalue weighted by molar-refractivity contribution is 14.1. The monoisotopic (exact) mass is 443 g/mol. The third kappa shape index (κ3) is 6.00. The van der Waals surface area contributed by atoms with Crippen LogP contribution in [0, 0.1) is 5.92 Å². The van der Waals surface area contributed by atoms with E-state index in [-0.39, 0.29) is 5.91 Å². The summed E-state index contributed by atoms with van der Waals surface area (Å²) in [7, 11) is 1.62. The maximum Gasteiger partial charge on any atom is 0.244 e. The molecular formula is C19H26INO3. The molecule has 1 aliphatic rings. The van der Waals surface area contributed by atoms with Crippen molar-refractivity contribution in [3.05, 3.63) is 29.8 Å². The third-order valence-corrected chi connectivity index (χ3v) is 4.75. The molecule has 0 heterocycles. The van der Waals surface area contributed by atoms with Crippen molar-refractivity contribution >= 4 is 34.6 Å². The molecule has 132 valence electrons. The first-order valence-electron chi connectivity index (χ1n) is 8.47. The number of hydrogen-bond donors (Lipinski definition) is 1. The van der Waals surface area contributed by atoms with Crippen molar-refractivity contribution in [2.24, 2.45) is 5.92 Å². The van der Waals surface area contributed by atoms with E-state index in [0.29, 0.717) is 18.4 Å². The summed E-state index contributed by atoms with van der Waals surface area (Å²) in [4.78, 5) is 12.1. The zero-order chi connectivity index (χ0) is 17.4. The zero-order valence-electron chi connectivity index (χ0n) is 14.4. The fourth-order valence-corrected chi connectivity index (χ4v) is 3.10. The summed E-state index contributed by atoms with van der Waals surface area (Å²) < 4.78 is 11.9. The second-order valence-corrected chi connectivity index (χ2v) is 7.33. The highest BCUT2D eigenvalue weighted by Crippen LogP contribution is 2.28. The molecule has 1 fully saturated rings. The van der Waals surface area contributed by atoms with Crippen LogP contribution < -0.4 is 14.8 Å². The molecule has 0 unspecified atom stereocenters. The Balaban J connectivity index is 1.91. The van der Waals surface area contributed by atoms with E-state index in [0.717, 1.165) is 34.5 Å². The fourth-order valence-electron chi connectivity index (χ4n) is 2.88. The maximum atomic E-state index is 12.1. The van der Waals surface area contributed by atoms with Gasteiger partial charge in [-0.1, -0.05) is 35.6 Å². The first kappa shape index (κ1) is 19.1. The van der Waals surface area contributed by atoms with Crippen LogP contribution in [0.15, 0.2) is 24.3 Å². The predicted molar refractivity (Wildman–Crippen MR) is 106 cm³/mol. The van der Waals surface area contributed by atoms with Crippen LogP contribution in [0.2, 0.25) is 0 Å². The lowest BCUT2D eigenvalue weighted by Crippen LogP contribution is -2.36. The lowest BCUT2D eigenvalue weighted by atomic mass is 9.87. The van der Waals surface area contributed by atoms with E-state index in [4.69, 9.17) is 9.47 Å². The number of benzene rings is 1. The van der Waals surface area contributed by atoms with E-state index in [2.05, 4.69) is 34.8 Å². The first-order valence-corrected chi connectivity index (χ1v) is 10.00. The Kier molecular flexibility index (Phi) is 7.88. The van der Waals surface area contributed by atoms with Gasteiger partial charge in [-0.2, -0.15) is 0 Å². The average Bonchev–Trinajstić information content (AvgIpc) is 2.60. The molecule has 1 aromatic rings. The molecule has 0 aromatic heterocycles. The molecule has 1 amide bonds. The molecule has 1 saturated carbocycles. The Labute approximate surface area is 158 Å². The molecule has 5 heteroatoms. The van der Waals surface area contributed by atoms with E-state index in [9.17, 15) is 4.79 Å². The predicted octanol–water partition coefficient (Wildman–Crippen LogP) is 4.22. The summed E-state index contributed by atoms with van der Waals surface area (Å²) in [5.41, 5.74) is 0.918. The fraction of sp³-hybridized carbons (Fsp3) is 0.526. The second-order valence-electron chi connectivity index (χ2n) is 6.25. The van der Waals surface area contributed by atoms with Gasteiger partial charge in [-0.25, -0.2) is 0 Å². The largest absolute Gasteiger partial charge is 0.493 e. The van der Waals surface area contributed by atoms with E-state index in [1.807, 2.05) is 24.3 Å². The van der Waals surface area contributed by atoms with Gasteiger partial charge < -0.3 is 14.8 Å². The van der Waals surface area contributed by atoms with Gasteiger partial charge in [0, 0.05) is 16.5 Å². The van der Waals surface area contributed by atoms with Crippen LogP contribution in [0.25, 0.3) is 6.08 Å². The van der Waals surface area contributed by atoms with E-state index in [1.54, 1.807) is 13.2 Å². The zero-order valence-corrected chi connectivity index (χ0v) is 16.5. The summed E-state index contributed by atoms with van der Waals surface area (Å²) in [5.74, 6) is 2.17. The van der Waals surface area contributed by atoms with Gasteiger partial charge in [0.1, 0.15) is 0 Å². The third-order valence-electron chi connectivity index (χ3n) is 4.31. The molecule has 0 radical (unpaired) electrons. The summed E-state index contributed by atoms with van der Waals surface area (Å²) in [6.07, 6.45) is 7.97. The number of halogens is 1. The van der Waals surface area contributed by atoms with Gasteiger partial charge >= 0.3 is 0 Å². The summed E-state index contributed by atoms with van der Waals surface area (Å²) in [5, 5.41) is 3.10. The van der Waals surface area contributed by atoms with Crippen LogP contribution in [-0.2, 0) is 4.79 Å². The Morgan fingerprint density at radius 2 is 2.04 bits per heavy atom. The van der Waals surface area contributed by atoms with E-state index in [1.165, 1.54) is 12.8 Å². The van der Waals surface area contributed by atoms with Crippen LogP contribution in [0.3, 0.4) is 0 Å². The van der Waals surface area contributed by atoms with Crippen LogP contribution in [0.1, 0.15) is 38.2 Å². The standard InChI is InChI=1S/C19H26INO3/c1-14-3-7-16(8-4-14)21-19(22)10-6-15-5-9-17(24-12-11-20)18(13-15)23-2/h5-6,9-10,13-14,16H,3-4,7-8,11-12H2,1-2H3,(H,21,22). The van der Waals surface area contributed by atoms with Crippen molar-refractivity contribution in [2.45, 2.75) is 38.6 Å². The first-order chi connectivity index (χ1) is 11.6. The summed E-state index contributed by atoms with van der Waals surface area (Å²) >= 11 is 2.27. The molecule has 0 bridgehead atoms. The number of carbonyl (C=O) groups is 1. The van der Waals surface area contributed by atoms with Gasteiger partial charge in [0.05, 0.1) is 13.7 Å². The highest BCUT2D eigenvalue weighted by Gasteiger charge is 2.18. The van der Waals surface area contributed by atoms with Gasteiger partial charge in [-0.3, -0.25) is 4.79 Å². The molecule has 4 nitrogen and oxygen atoms in total. The SMILES string of the molecule is COc1cc(C=CC(=O)NC2CCC(C)CC2)ccc1OCCI. The minimum atomic E-state index is -0.0289. The maximum absolute atomic E-state index is 12.1. The quantitative estimate of drug-likeness (QED) is 0.390. The molecular weight excluding hydrogens is 417 g/mol. The van der Waals surface area contributed by atoms with Crippen LogP contribution in [-0.4, -0.2) is 30.1 Å². The Hall–Kier alpha value is -1.24. The van der Waals surface area contributed by atoms with Crippen molar-refractivity contribution in [3.63, 3.8) is 0 Å². The van der Waals surface area contributed by atoms with Crippen molar-refractivity contribution in [1.82, 2.24) is 5.32 Å². The van der Waals surface area contributed by atoms with Gasteiger partial charge in [0.2, 0.25) is 5.91 Å². The van der Waals surface area contributed by atoms with Crippen molar-refractivity contribution < 1.29 is 14.3 Å². The molecule has 1 aromatic carbocycles. The number of alkyl halides is 1. The minimum absolute atomic E-state index is 0.0289. The second kappa shape index (κ2) is 9.91. The topological polar surface area (TPSA) is 47.6 Å². The molecule has 0 aliphatic heterocycles. The van der Waals surface area contributed by atoms with Crippen molar-refractivity contribution in [3.8, 4) is 11.5 Å². The Bertz CT molecular complexity index is 566. The number of methoxy groups -OCH3 is 1. The number of nitrogens with one attached hydrogen (secondary N) is 1. The Morgan fingerprint density at radius 1 is 1.29 bits per heavy atom. The number of ether oxygens (including phenoxy) is 2. The van der Waals surface area contributed by atoms with Crippen molar-refractivity contribution in [2.75, 3.05) is 18.1 Å². The highest BCUT2D eigenvalue weighted by atomic mass is 127. The summed E-state index contributed by atoms with van der Waals surface area (Å²) in [6.45, 7) is 2.92. The van der Waals surface area contributed by atoms with Crippen molar-refractivity contribution in [1.29, 1.82) is 0 Å². The summed E-state index contributed by atoms with van der Waals surface area (Å²) in [6, 6.07) is 6.01. The molecule has 0 spiro atoms. The lowest BCUT2D eigenvalue weighted by molar-refractivity contribution is -0.117. The molecule has 1 aliphatic carbocycles. The van der Waals surface area contributed by atoms with Crippen LogP contribution in [0.5, 0.6) is 11.5 Å². The van der Waals surface area contributed by atoms with Gasteiger partial charge in [0.15, 0.2) is 11.5 Å². The van der Waals surface area contributed by atoms with Crippen LogP contribution in [0.4, 0.5) is 0 Å².